The molecule has 0 unspecified atom stereocenters. The fraction of sp³-hybridized carbons (Fsp3) is 0.214. The molecule has 0 bridgehead atoms. The van der Waals surface area contributed by atoms with Gasteiger partial charge in [0.05, 0.1) is 26.5 Å². The summed E-state index contributed by atoms with van der Waals surface area (Å²) in [4.78, 5) is 14.5. The summed E-state index contributed by atoms with van der Waals surface area (Å²) >= 11 is 11.4. The van der Waals surface area contributed by atoms with E-state index in [0.717, 1.165) is 36.5 Å². The predicted octanol–water partition coefficient (Wildman–Crippen LogP) is 5.09. The molecule has 20 heavy (non-hydrogen) atoms. The van der Waals surface area contributed by atoms with Crippen LogP contribution in [0.5, 0.6) is 0 Å². The van der Waals surface area contributed by atoms with E-state index in [1.807, 2.05) is 32.9 Å². The summed E-state index contributed by atoms with van der Waals surface area (Å²) in [6.45, 7) is 5.96. The summed E-state index contributed by atoms with van der Waals surface area (Å²) in [5, 5.41) is 2.32. The van der Waals surface area contributed by atoms with E-state index in [2.05, 4.69) is 30.9 Å². The lowest BCUT2D eigenvalue weighted by Crippen LogP contribution is -1.94. The van der Waals surface area contributed by atoms with Crippen molar-refractivity contribution in [3.8, 4) is 10.7 Å². The van der Waals surface area contributed by atoms with Crippen molar-refractivity contribution in [2.45, 2.75) is 20.8 Å². The largest absolute Gasteiger partial charge is 0.246 e. The second-order valence-corrected chi connectivity index (χ2v) is 6.99. The number of hydrogen-bond donors (Lipinski definition) is 0. The monoisotopic (exact) mass is 367 g/mol. The summed E-state index contributed by atoms with van der Waals surface area (Å²) in [6, 6.07) is 3.99. The molecule has 0 saturated heterocycles. The number of nitrogens with zero attached hydrogens (tertiary/aromatic N) is 3. The van der Waals surface area contributed by atoms with E-state index >= 15 is 0 Å². The van der Waals surface area contributed by atoms with E-state index in [1.54, 1.807) is 11.3 Å². The highest BCUT2D eigenvalue weighted by Crippen LogP contribution is 2.34. The minimum Gasteiger partial charge on any atom is -0.246 e. The first-order valence-corrected chi connectivity index (χ1v) is 8.03. The number of thiazole rings is 1. The molecule has 102 valence electrons. The van der Waals surface area contributed by atoms with Crippen molar-refractivity contribution in [3.05, 3.63) is 38.0 Å². The van der Waals surface area contributed by atoms with Crippen LogP contribution in [0.2, 0.25) is 5.15 Å². The lowest BCUT2D eigenvalue weighted by atomic mass is 10.1. The first-order valence-electron chi connectivity index (χ1n) is 6.04. The zero-order valence-electron chi connectivity index (χ0n) is 11.2. The van der Waals surface area contributed by atoms with Gasteiger partial charge < -0.3 is 0 Å². The van der Waals surface area contributed by atoms with Gasteiger partial charge in [0.1, 0.15) is 5.15 Å². The summed E-state index contributed by atoms with van der Waals surface area (Å²) in [5.74, 6) is 0.645. The van der Waals surface area contributed by atoms with E-state index < -0.39 is 0 Å². The van der Waals surface area contributed by atoms with E-state index in [-0.39, 0.29) is 0 Å². The van der Waals surface area contributed by atoms with Crippen LogP contribution in [0.3, 0.4) is 0 Å². The van der Waals surface area contributed by atoms with Crippen LogP contribution in [0.1, 0.15) is 16.3 Å². The van der Waals surface area contributed by atoms with E-state index in [4.69, 9.17) is 11.6 Å². The summed E-state index contributed by atoms with van der Waals surface area (Å²) in [7, 11) is 0. The molecule has 1 aromatic carbocycles. The Morgan fingerprint density at radius 3 is 2.50 bits per heavy atom. The maximum atomic E-state index is 6.35. The van der Waals surface area contributed by atoms with Crippen LogP contribution < -0.4 is 0 Å². The fourth-order valence-corrected chi connectivity index (χ4v) is 3.88. The van der Waals surface area contributed by atoms with E-state index in [9.17, 15) is 0 Å². The number of hydrogen-bond acceptors (Lipinski definition) is 4. The Labute approximate surface area is 134 Å². The molecule has 3 rings (SSSR count). The van der Waals surface area contributed by atoms with Crippen LogP contribution >= 0.6 is 38.9 Å². The quantitative estimate of drug-likeness (QED) is 0.561. The number of aromatic nitrogens is 3. The Hall–Kier alpha value is -1.04. The average molecular weight is 369 g/mol. The SMILES string of the molecule is Cc1nc(C)c(-c2nc(Cl)c3c(Br)ccc(C)c3n2)s1. The van der Waals surface area contributed by atoms with Crippen LogP contribution in [0.4, 0.5) is 0 Å². The van der Waals surface area contributed by atoms with Gasteiger partial charge in [-0.15, -0.1) is 11.3 Å². The topological polar surface area (TPSA) is 38.7 Å². The minimum atomic E-state index is 0.464. The van der Waals surface area contributed by atoms with Gasteiger partial charge >= 0.3 is 0 Å². The summed E-state index contributed by atoms with van der Waals surface area (Å²) in [6.07, 6.45) is 0. The Morgan fingerprint density at radius 1 is 1.10 bits per heavy atom. The lowest BCUT2D eigenvalue weighted by molar-refractivity contribution is 1.17. The number of benzene rings is 1. The van der Waals surface area contributed by atoms with Gasteiger partial charge in [-0.3, -0.25) is 0 Å². The van der Waals surface area contributed by atoms with Gasteiger partial charge in [0.2, 0.25) is 0 Å². The maximum absolute atomic E-state index is 6.35. The number of fused-ring (bicyclic) bond motifs is 1. The molecule has 0 radical (unpaired) electrons. The molecular formula is C14H11BrClN3S. The molecule has 3 nitrogen and oxygen atoms in total. The molecule has 0 amide bonds. The first-order chi connectivity index (χ1) is 9.47. The zero-order chi connectivity index (χ0) is 14.4. The third-order valence-corrected chi connectivity index (χ3v) is 5.07. The number of rotatable bonds is 1. The molecule has 0 spiro atoms. The average Bonchev–Trinajstić information content (AvgIpc) is 2.72. The highest BCUT2D eigenvalue weighted by Gasteiger charge is 2.15. The predicted molar refractivity (Wildman–Crippen MR) is 87.6 cm³/mol. The summed E-state index contributed by atoms with van der Waals surface area (Å²) < 4.78 is 0.909. The van der Waals surface area contributed by atoms with Crippen LogP contribution in [-0.2, 0) is 0 Å². The van der Waals surface area contributed by atoms with Crippen molar-refractivity contribution in [1.29, 1.82) is 0 Å². The molecule has 3 aromatic rings. The van der Waals surface area contributed by atoms with E-state index in [1.165, 1.54) is 0 Å². The molecule has 2 aromatic heterocycles. The normalized spacial score (nSPS) is 11.2. The second-order valence-electron chi connectivity index (χ2n) is 4.57. The van der Waals surface area contributed by atoms with Crippen molar-refractivity contribution >= 4 is 49.8 Å². The Morgan fingerprint density at radius 2 is 1.85 bits per heavy atom. The standard InChI is InChI=1S/C14H11BrClN3S/c1-6-4-5-9(15)10-11(6)18-14(19-13(10)16)12-7(2)17-8(3)20-12/h4-5H,1-3H3. The van der Waals surface area contributed by atoms with Crippen molar-refractivity contribution in [1.82, 2.24) is 15.0 Å². The van der Waals surface area contributed by atoms with Gasteiger partial charge in [-0.2, -0.15) is 0 Å². The van der Waals surface area contributed by atoms with Gasteiger partial charge in [-0.25, -0.2) is 15.0 Å². The molecule has 0 aliphatic rings. The third-order valence-electron chi connectivity index (χ3n) is 3.06. The Kier molecular flexibility index (Phi) is 3.52. The smallest absolute Gasteiger partial charge is 0.173 e. The molecule has 2 heterocycles. The number of halogens is 2. The van der Waals surface area contributed by atoms with Crippen LogP contribution in [-0.4, -0.2) is 15.0 Å². The second kappa shape index (κ2) is 5.06. The molecule has 6 heteroatoms. The van der Waals surface area contributed by atoms with E-state index in [0.29, 0.717) is 11.0 Å². The van der Waals surface area contributed by atoms with Gasteiger partial charge in [-0.05, 0) is 48.3 Å². The van der Waals surface area contributed by atoms with Crippen molar-refractivity contribution in [3.63, 3.8) is 0 Å². The van der Waals surface area contributed by atoms with Gasteiger partial charge in [-0.1, -0.05) is 17.7 Å². The van der Waals surface area contributed by atoms with Crippen LogP contribution in [0.25, 0.3) is 21.6 Å². The fourth-order valence-electron chi connectivity index (χ4n) is 2.13. The highest BCUT2D eigenvalue weighted by molar-refractivity contribution is 9.10. The number of aryl methyl sites for hydroxylation is 3. The molecular weight excluding hydrogens is 358 g/mol. The molecule has 0 N–H and O–H groups in total. The van der Waals surface area contributed by atoms with Crippen molar-refractivity contribution in [2.24, 2.45) is 0 Å². The summed E-state index contributed by atoms with van der Waals surface area (Å²) in [5.41, 5.74) is 2.89. The van der Waals surface area contributed by atoms with Crippen LogP contribution in [0.15, 0.2) is 16.6 Å². The molecule has 0 saturated carbocycles. The van der Waals surface area contributed by atoms with Crippen molar-refractivity contribution < 1.29 is 0 Å². The Bertz CT molecular complexity index is 829. The first kappa shape index (κ1) is 13.9. The Balaban J connectivity index is 2.35. The van der Waals surface area contributed by atoms with Gasteiger partial charge in [0, 0.05) is 4.47 Å². The molecule has 0 aliphatic heterocycles. The third kappa shape index (κ3) is 2.24. The van der Waals surface area contributed by atoms with Gasteiger partial charge in [0.25, 0.3) is 0 Å². The zero-order valence-corrected chi connectivity index (χ0v) is 14.3. The molecule has 0 atom stereocenters. The van der Waals surface area contributed by atoms with Gasteiger partial charge in [0.15, 0.2) is 5.82 Å². The van der Waals surface area contributed by atoms with Crippen molar-refractivity contribution in [2.75, 3.05) is 0 Å². The molecule has 0 aliphatic carbocycles. The van der Waals surface area contributed by atoms with Crippen LogP contribution in [0, 0.1) is 20.8 Å². The lowest BCUT2D eigenvalue weighted by Gasteiger charge is -2.07. The highest BCUT2D eigenvalue weighted by atomic mass is 79.9. The minimum absolute atomic E-state index is 0.464. The molecule has 0 fully saturated rings. The maximum Gasteiger partial charge on any atom is 0.173 e.